The summed E-state index contributed by atoms with van der Waals surface area (Å²) >= 11 is 6.57. The van der Waals surface area contributed by atoms with Crippen LogP contribution in [0.3, 0.4) is 0 Å². The van der Waals surface area contributed by atoms with Crippen LogP contribution in [0.15, 0.2) is 97.1 Å². The van der Waals surface area contributed by atoms with Gasteiger partial charge in [0.15, 0.2) is 0 Å². The van der Waals surface area contributed by atoms with Crippen LogP contribution >= 0.6 is 11.6 Å². The molecule has 0 fully saturated rings. The number of pyridine rings is 1. The number of hydrogen-bond acceptors (Lipinski definition) is 1. The topological polar surface area (TPSA) is 12.9 Å². The fourth-order valence-electron chi connectivity index (χ4n) is 3.66. The molecule has 4 aromatic carbocycles. The quantitative estimate of drug-likeness (QED) is 0.318. The molecule has 0 N–H and O–H groups in total. The van der Waals surface area contributed by atoms with E-state index in [1.165, 1.54) is 16.2 Å². The normalized spacial score (nSPS) is 11.1. The Balaban J connectivity index is 1.76. The second kappa shape index (κ2) is 6.53. The first-order chi connectivity index (χ1) is 13.3. The van der Waals surface area contributed by atoms with Crippen LogP contribution in [0.4, 0.5) is 0 Å². The molecule has 0 bridgehead atoms. The number of benzene rings is 4. The number of hydrogen-bond donors (Lipinski definition) is 0. The Morgan fingerprint density at radius 1 is 0.519 bits per heavy atom. The van der Waals surface area contributed by atoms with Crippen molar-refractivity contribution >= 4 is 33.1 Å². The van der Waals surface area contributed by atoms with Crippen molar-refractivity contribution in [2.75, 3.05) is 0 Å². The second-order valence-electron chi connectivity index (χ2n) is 6.58. The molecule has 128 valence electrons. The van der Waals surface area contributed by atoms with Crippen LogP contribution in [-0.4, -0.2) is 4.98 Å². The van der Waals surface area contributed by atoms with E-state index in [0.717, 1.165) is 27.9 Å². The minimum Gasteiger partial charge on any atom is -0.246 e. The van der Waals surface area contributed by atoms with Crippen molar-refractivity contribution in [2.45, 2.75) is 0 Å². The molecule has 0 amide bonds. The van der Waals surface area contributed by atoms with E-state index in [1.807, 2.05) is 24.3 Å². The van der Waals surface area contributed by atoms with Crippen molar-refractivity contribution in [3.63, 3.8) is 0 Å². The van der Waals surface area contributed by atoms with Crippen LogP contribution in [-0.2, 0) is 0 Å². The maximum absolute atomic E-state index is 6.57. The van der Waals surface area contributed by atoms with Crippen molar-refractivity contribution in [3.8, 4) is 22.5 Å². The van der Waals surface area contributed by atoms with Crippen molar-refractivity contribution in [2.24, 2.45) is 0 Å². The van der Waals surface area contributed by atoms with E-state index in [1.54, 1.807) is 0 Å². The summed E-state index contributed by atoms with van der Waals surface area (Å²) < 4.78 is 0. The molecule has 0 aliphatic heterocycles. The highest BCUT2D eigenvalue weighted by Gasteiger charge is 2.12. The summed E-state index contributed by atoms with van der Waals surface area (Å²) in [5.41, 5.74) is 3.92. The summed E-state index contributed by atoms with van der Waals surface area (Å²) in [6, 6.07) is 33.2. The largest absolute Gasteiger partial charge is 0.246 e. The first kappa shape index (κ1) is 16.0. The summed E-state index contributed by atoms with van der Waals surface area (Å²) in [5.74, 6) is 0. The Kier molecular flexibility index (Phi) is 3.88. The van der Waals surface area contributed by atoms with E-state index >= 15 is 0 Å². The summed E-state index contributed by atoms with van der Waals surface area (Å²) in [5, 5.41) is 5.40. The van der Waals surface area contributed by atoms with E-state index in [9.17, 15) is 0 Å². The highest BCUT2D eigenvalue weighted by Crippen LogP contribution is 2.35. The molecule has 0 unspecified atom stereocenters. The zero-order valence-corrected chi connectivity index (χ0v) is 15.3. The molecule has 2 heteroatoms. The average molecular weight is 366 g/mol. The summed E-state index contributed by atoms with van der Waals surface area (Å²) in [7, 11) is 0. The third-order valence-corrected chi connectivity index (χ3v) is 5.26. The van der Waals surface area contributed by atoms with Crippen LogP contribution in [0.25, 0.3) is 44.1 Å². The van der Waals surface area contributed by atoms with Crippen molar-refractivity contribution in [1.29, 1.82) is 0 Å². The highest BCUT2D eigenvalue weighted by atomic mass is 35.5. The highest BCUT2D eigenvalue weighted by molar-refractivity contribution is 6.33. The molecule has 0 aliphatic rings. The molecule has 5 rings (SSSR count). The Morgan fingerprint density at radius 3 is 1.78 bits per heavy atom. The lowest BCUT2D eigenvalue weighted by Gasteiger charge is -2.11. The third-order valence-electron chi connectivity index (χ3n) is 4.96. The summed E-state index contributed by atoms with van der Waals surface area (Å²) in [4.78, 5) is 4.98. The second-order valence-corrected chi connectivity index (χ2v) is 6.99. The lowest BCUT2D eigenvalue weighted by molar-refractivity contribution is 1.33. The smallest absolute Gasteiger partial charge is 0.0901 e. The van der Waals surface area contributed by atoms with Gasteiger partial charge in [-0.05, 0) is 33.7 Å². The van der Waals surface area contributed by atoms with Crippen LogP contribution in [0, 0.1) is 0 Å². The van der Waals surface area contributed by atoms with Gasteiger partial charge in [0.1, 0.15) is 0 Å². The number of halogens is 1. The van der Waals surface area contributed by atoms with Gasteiger partial charge in [-0.15, -0.1) is 0 Å². The van der Waals surface area contributed by atoms with Gasteiger partial charge >= 0.3 is 0 Å². The SMILES string of the molecule is Clc1ccc(-c2cccc3ccccc23)nc1-c1cccc2ccccc12. The van der Waals surface area contributed by atoms with Gasteiger partial charge in [0, 0.05) is 11.1 Å². The van der Waals surface area contributed by atoms with Crippen LogP contribution in [0.1, 0.15) is 0 Å². The van der Waals surface area contributed by atoms with Crippen molar-refractivity contribution in [3.05, 3.63) is 102 Å². The monoisotopic (exact) mass is 365 g/mol. The maximum Gasteiger partial charge on any atom is 0.0901 e. The predicted molar refractivity (Wildman–Crippen MR) is 115 cm³/mol. The van der Waals surface area contributed by atoms with Gasteiger partial charge in [-0.3, -0.25) is 0 Å². The molecule has 5 aromatic rings. The Labute approximate surface area is 162 Å². The minimum absolute atomic E-state index is 0.662. The van der Waals surface area contributed by atoms with Crippen molar-refractivity contribution in [1.82, 2.24) is 4.98 Å². The zero-order valence-electron chi connectivity index (χ0n) is 14.6. The molecular weight excluding hydrogens is 350 g/mol. The van der Waals surface area contributed by atoms with Crippen LogP contribution < -0.4 is 0 Å². The van der Waals surface area contributed by atoms with Crippen molar-refractivity contribution < 1.29 is 0 Å². The minimum atomic E-state index is 0.662. The Bertz CT molecular complexity index is 1280. The average Bonchev–Trinajstić information content (AvgIpc) is 2.73. The number of fused-ring (bicyclic) bond motifs is 2. The van der Waals surface area contributed by atoms with E-state index in [4.69, 9.17) is 16.6 Å². The standard InChI is InChI=1S/C25H16ClN/c26-23-15-16-24(21-13-5-9-17-7-1-3-11-19(17)21)27-25(23)22-14-6-10-18-8-2-4-12-20(18)22/h1-16H. The van der Waals surface area contributed by atoms with E-state index in [2.05, 4.69) is 72.8 Å². The van der Waals surface area contributed by atoms with Gasteiger partial charge < -0.3 is 0 Å². The van der Waals surface area contributed by atoms with Crippen LogP contribution in [0.5, 0.6) is 0 Å². The third kappa shape index (κ3) is 2.77. The van der Waals surface area contributed by atoms with Gasteiger partial charge in [-0.2, -0.15) is 0 Å². The molecule has 27 heavy (non-hydrogen) atoms. The molecule has 1 heterocycles. The first-order valence-corrected chi connectivity index (χ1v) is 9.32. The number of aromatic nitrogens is 1. The fourth-order valence-corrected chi connectivity index (χ4v) is 3.87. The molecule has 1 aromatic heterocycles. The zero-order chi connectivity index (χ0) is 18.2. The summed E-state index contributed by atoms with van der Waals surface area (Å²) in [6.07, 6.45) is 0. The molecule has 0 saturated heterocycles. The molecule has 0 radical (unpaired) electrons. The summed E-state index contributed by atoms with van der Waals surface area (Å²) in [6.45, 7) is 0. The molecule has 0 aliphatic carbocycles. The molecule has 0 atom stereocenters. The maximum atomic E-state index is 6.57. The first-order valence-electron chi connectivity index (χ1n) is 8.94. The number of nitrogens with zero attached hydrogens (tertiary/aromatic N) is 1. The predicted octanol–water partition coefficient (Wildman–Crippen LogP) is 7.38. The van der Waals surface area contributed by atoms with E-state index < -0.39 is 0 Å². The van der Waals surface area contributed by atoms with E-state index in [0.29, 0.717) is 5.02 Å². The Hall–Kier alpha value is -3.16. The lowest BCUT2D eigenvalue weighted by atomic mass is 9.99. The van der Waals surface area contributed by atoms with Gasteiger partial charge in [0.2, 0.25) is 0 Å². The van der Waals surface area contributed by atoms with E-state index in [-0.39, 0.29) is 0 Å². The molecular formula is C25H16ClN. The van der Waals surface area contributed by atoms with Gasteiger partial charge in [0.25, 0.3) is 0 Å². The molecule has 0 saturated carbocycles. The van der Waals surface area contributed by atoms with Gasteiger partial charge in [-0.25, -0.2) is 4.98 Å². The molecule has 1 nitrogen and oxygen atoms in total. The van der Waals surface area contributed by atoms with Crippen LogP contribution in [0.2, 0.25) is 5.02 Å². The lowest BCUT2D eigenvalue weighted by Crippen LogP contribution is -1.91. The Morgan fingerprint density at radius 2 is 1.07 bits per heavy atom. The molecule has 0 spiro atoms. The van der Waals surface area contributed by atoms with Gasteiger partial charge in [0.05, 0.1) is 16.4 Å². The fraction of sp³-hybridized carbons (Fsp3) is 0. The van der Waals surface area contributed by atoms with Gasteiger partial charge in [-0.1, -0.05) is 96.5 Å². The number of rotatable bonds is 2.